The highest BCUT2D eigenvalue weighted by Crippen LogP contribution is 2.18. The van der Waals surface area contributed by atoms with Gasteiger partial charge in [-0.1, -0.05) is 40.2 Å². The van der Waals surface area contributed by atoms with Crippen LogP contribution >= 0.6 is 15.9 Å². The molecule has 0 heterocycles. The van der Waals surface area contributed by atoms with Gasteiger partial charge in [0.1, 0.15) is 5.82 Å². The highest BCUT2D eigenvalue weighted by atomic mass is 79.9. The number of hydrogen-bond donors (Lipinski definition) is 1. The van der Waals surface area contributed by atoms with E-state index >= 15 is 0 Å². The van der Waals surface area contributed by atoms with E-state index in [0.29, 0.717) is 5.56 Å². The Morgan fingerprint density at radius 1 is 1.23 bits per heavy atom. The molecule has 0 spiro atoms. The number of halogens is 2. The summed E-state index contributed by atoms with van der Waals surface area (Å²) in [6.07, 6.45) is 1.04. The molecular weight excluding hydrogens is 423 g/mol. The molecule has 0 saturated heterocycles. The fraction of sp³-hybridized carbons (Fsp3) is 0.278. The molecule has 0 aliphatic rings. The van der Waals surface area contributed by atoms with Crippen LogP contribution in [0, 0.1) is 5.82 Å². The molecule has 26 heavy (non-hydrogen) atoms. The Bertz CT molecular complexity index is 872. The van der Waals surface area contributed by atoms with Gasteiger partial charge in [0.2, 0.25) is 15.9 Å². The van der Waals surface area contributed by atoms with Crippen molar-refractivity contribution in [1.29, 1.82) is 0 Å². The van der Waals surface area contributed by atoms with Crippen molar-refractivity contribution in [2.24, 2.45) is 0 Å². The molecule has 0 radical (unpaired) electrons. The van der Waals surface area contributed by atoms with E-state index in [1.165, 1.54) is 24.3 Å². The topological polar surface area (TPSA) is 66.5 Å². The Morgan fingerprint density at radius 3 is 2.46 bits per heavy atom. The van der Waals surface area contributed by atoms with Crippen molar-refractivity contribution >= 4 is 31.9 Å². The van der Waals surface area contributed by atoms with Crippen molar-refractivity contribution in [1.82, 2.24) is 9.62 Å². The maximum Gasteiger partial charge on any atom is 0.235 e. The lowest BCUT2D eigenvalue weighted by Crippen LogP contribution is -2.40. The van der Waals surface area contributed by atoms with Gasteiger partial charge in [-0.3, -0.25) is 4.79 Å². The minimum absolute atomic E-state index is 0.00218. The number of hydrogen-bond acceptors (Lipinski definition) is 3. The smallest absolute Gasteiger partial charge is 0.235 e. The van der Waals surface area contributed by atoms with Gasteiger partial charge in [0.05, 0.1) is 18.8 Å². The van der Waals surface area contributed by atoms with Crippen molar-refractivity contribution in [3.8, 4) is 0 Å². The second-order valence-corrected chi connectivity index (χ2v) is 8.90. The summed E-state index contributed by atoms with van der Waals surface area (Å²) in [5, 5.41) is 2.79. The first-order chi connectivity index (χ1) is 12.1. The van der Waals surface area contributed by atoms with Gasteiger partial charge < -0.3 is 5.32 Å². The Morgan fingerprint density at radius 2 is 1.88 bits per heavy atom. The van der Waals surface area contributed by atoms with E-state index in [1.807, 2.05) is 31.2 Å². The molecule has 1 unspecified atom stereocenters. The number of nitrogens with one attached hydrogen (secondary N) is 1. The van der Waals surface area contributed by atoms with E-state index in [0.717, 1.165) is 20.6 Å². The highest BCUT2D eigenvalue weighted by Gasteiger charge is 2.21. The van der Waals surface area contributed by atoms with Gasteiger partial charge in [-0.15, -0.1) is 0 Å². The normalized spacial score (nSPS) is 12.8. The SMILES string of the molecule is CC(NC(=O)CN(Cc1ccc(F)cc1)S(C)(=O)=O)c1cccc(Br)c1. The van der Waals surface area contributed by atoms with Gasteiger partial charge in [-0.05, 0) is 42.3 Å². The van der Waals surface area contributed by atoms with E-state index < -0.39 is 21.7 Å². The Hall–Kier alpha value is -1.77. The summed E-state index contributed by atoms with van der Waals surface area (Å²) < 4.78 is 39.0. The van der Waals surface area contributed by atoms with Gasteiger partial charge in [0.15, 0.2) is 0 Å². The number of carbonyl (C=O) groups is 1. The predicted molar refractivity (Wildman–Crippen MR) is 102 cm³/mol. The molecular formula is C18H20BrFN2O3S. The molecule has 5 nitrogen and oxygen atoms in total. The summed E-state index contributed by atoms with van der Waals surface area (Å²) in [6, 6.07) is 12.7. The summed E-state index contributed by atoms with van der Waals surface area (Å²) >= 11 is 3.38. The van der Waals surface area contributed by atoms with Crippen LogP contribution in [0.1, 0.15) is 24.1 Å². The average Bonchev–Trinajstić information content (AvgIpc) is 2.55. The first-order valence-corrected chi connectivity index (χ1v) is 10.5. The zero-order valence-corrected chi connectivity index (χ0v) is 16.8. The molecule has 1 amide bonds. The number of amides is 1. The third kappa shape index (κ3) is 6.19. The molecule has 8 heteroatoms. The third-order valence-corrected chi connectivity index (χ3v) is 5.48. The average molecular weight is 443 g/mol. The van der Waals surface area contributed by atoms with Crippen LogP contribution in [0.5, 0.6) is 0 Å². The molecule has 0 aliphatic heterocycles. The fourth-order valence-electron chi connectivity index (χ4n) is 2.39. The summed E-state index contributed by atoms with van der Waals surface area (Å²) in [6.45, 7) is 1.51. The van der Waals surface area contributed by atoms with Crippen molar-refractivity contribution < 1.29 is 17.6 Å². The van der Waals surface area contributed by atoms with Crippen molar-refractivity contribution in [2.45, 2.75) is 19.5 Å². The third-order valence-electron chi connectivity index (χ3n) is 3.79. The Labute approximate surface area is 161 Å². The molecule has 2 rings (SSSR count). The zero-order chi connectivity index (χ0) is 19.3. The lowest BCUT2D eigenvalue weighted by Gasteiger charge is -2.21. The van der Waals surface area contributed by atoms with E-state index in [1.54, 1.807) is 0 Å². The Balaban J connectivity index is 2.05. The zero-order valence-electron chi connectivity index (χ0n) is 14.4. The molecule has 1 atom stereocenters. The largest absolute Gasteiger partial charge is 0.348 e. The second-order valence-electron chi connectivity index (χ2n) is 6.00. The number of rotatable bonds is 7. The van der Waals surface area contributed by atoms with Crippen LogP contribution < -0.4 is 5.32 Å². The van der Waals surface area contributed by atoms with Crippen molar-refractivity contribution in [3.63, 3.8) is 0 Å². The van der Waals surface area contributed by atoms with E-state index in [2.05, 4.69) is 21.2 Å². The number of carbonyl (C=O) groups excluding carboxylic acids is 1. The van der Waals surface area contributed by atoms with E-state index in [4.69, 9.17) is 0 Å². The molecule has 2 aromatic rings. The maximum absolute atomic E-state index is 13.0. The molecule has 140 valence electrons. The second kappa shape index (κ2) is 8.75. The van der Waals surface area contributed by atoms with Crippen LogP contribution in [0.4, 0.5) is 4.39 Å². The monoisotopic (exact) mass is 442 g/mol. The quantitative estimate of drug-likeness (QED) is 0.715. The number of nitrogens with zero attached hydrogens (tertiary/aromatic N) is 1. The predicted octanol–water partition coefficient (Wildman–Crippen LogP) is 3.23. The molecule has 0 aromatic heterocycles. The molecule has 0 aliphatic carbocycles. The first-order valence-electron chi connectivity index (χ1n) is 7.89. The Kier molecular flexibility index (Phi) is 6.91. The summed E-state index contributed by atoms with van der Waals surface area (Å²) in [4.78, 5) is 12.3. The van der Waals surface area contributed by atoms with Crippen LogP contribution in [0.2, 0.25) is 0 Å². The maximum atomic E-state index is 13.0. The van der Waals surface area contributed by atoms with Gasteiger partial charge >= 0.3 is 0 Å². The minimum atomic E-state index is -3.60. The summed E-state index contributed by atoms with van der Waals surface area (Å²) in [5.41, 5.74) is 1.50. The molecule has 2 aromatic carbocycles. The lowest BCUT2D eigenvalue weighted by atomic mass is 10.1. The number of sulfonamides is 1. The molecule has 0 fully saturated rings. The van der Waals surface area contributed by atoms with Crippen LogP contribution in [0.15, 0.2) is 53.0 Å². The van der Waals surface area contributed by atoms with Crippen molar-refractivity contribution in [2.75, 3.05) is 12.8 Å². The molecule has 1 N–H and O–H groups in total. The van der Waals surface area contributed by atoms with Gasteiger partial charge in [0, 0.05) is 11.0 Å². The molecule has 0 saturated carbocycles. The minimum Gasteiger partial charge on any atom is -0.348 e. The summed E-state index contributed by atoms with van der Waals surface area (Å²) in [5.74, 6) is -0.815. The van der Waals surface area contributed by atoms with E-state index in [9.17, 15) is 17.6 Å². The van der Waals surface area contributed by atoms with Crippen LogP contribution in [-0.4, -0.2) is 31.4 Å². The lowest BCUT2D eigenvalue weighted by molar-refractivity contribution is -0.122. The van der Waals surface area contributed by atoms with Gasteiger partial charge in [-0.25, -0.2) is 12.8 Å². The molecule has 0 bridgehead atoms. The van der Waals surface area contributed by atoms with Gasteiger partial charge in [0.25, 0.3) is 0 Å². The number of benzene rings is 2. The highest BCUT2D eigenvalue weighted by molar-refractivity contribution is 9.10. The van der Waals surface area contributed by atoms with E-state index in [-0.39, 0.29) is 19.1 Å². The van der Waals surface area contributed by atoms with Gasteiger partial charge in [-0.2, -0.15) is 4.31 Å². The van der Waals surface area contributed by atoms with Crippen LogP contribution in [0.25, 0.3) is 0 Å². The van der Waals surface area contributed by atoms with Crippen LogP contribution in [-0.2, 0) is 21.4 Å². The van der Waals surface area contributed by atoms with Crippen LogP contribution in [0.3, 0.4) is 0 Å². The van der Waals surface area contributed by atoms with Crippen molar-refractivity contribution in [3.05, 3.63) is 69.9 Å². The standard InChI is InChI=1S/C18H20BrFN2O3S/c1-13(15-4-3-5-16(19)10-15)21-18(23)12-22(26(2,24)25)11-14-6-8-17(20)9-7-14/h3-10,13H,11-12H2,1-2H3,(H,21,23). The first kappa shape index (κ1) is 20.5. The fourth-order valence-corrected chi connectivity index (χ4v) is 3.54. The summed E-state index contributed by atoms with van der Waals surface area (Å²) in [7, 11) is -3.60.